The Morgan fingerprint density at radius 2 is 1.74 bits per heavy atom. The normalized spacial score (nSPS) is 11.1. The van der Waals surface area contributed by atoms with Crippen molar-refractivity contribution < 1.29 is 14.3 Å². The fourth-order valence-electron chi connectivity index (χ4n) is 2.96. The van der Waals surface area contributed by atoms with E-state index in [0.29, 0.717) is 18.7 Å². The molecule has 0 bridgehead atoms. The summed E-state index contributed by atoms with van der Waals surface area (Å²) in [6.07, 6.45) is 1.68. The molecule has 0 saturated carbocycles. The van der Waals surface area contributed by atoms with Crippen LogP contribution in [0.3, 0.4) is 0 Å². The number of carbonyl (C=O) groups excluding carboxylic acids is 2. The van der Waals surface area contributed by atoms with Gasteiger partial charge in [0.05, 0.1) is 6.54 Å². The minimum absolute atomic E-state index is 0.194. The third-order valence-corrected chi connectivity index (χ3v) is 5.43. The summed E-state index contributed by atoms with van der Waals surface area (Å²) in [5, 5.41) is 7.48. The SMILES string of the molecule is Cc1ccc(C(=O)N/C(=C\c2cccs2)C(=O)NCCOc2ccc(C)cc2C)cc1. The summed E-state index contributed by atoms with van der Waals surface area (Å²) >= 11 is 1.49. The standard InChI is InChI=1S/C25H26N2O3S/c1-17-6-9-20(10-7-17)24(28)27-22(16-21-5-4-14-31-21)25(29)26-12-13-30-23-11-8-18(2)15-19(23)3/h4-11,14-16H,12-13H2,1-3H3,(H,26,29)(H,27,28)/b22-16-. The summed E-state index contributed by atoms with van der Waals surface area (Å²) in [6.45, 7) is 6.62. The number of thiophene rings is 1. The van der Waals surface area contributed by atoms with Gasteiger partial charge < -0.3 is 15.4 Å². The Morgan fingerprint density at radius 3 is 2.42 bits per heavy atom. The summed E-state index contributed by atoms with van der Waals surface area (Å²) in [7, 11) is 0. The Balaban J connectivity index is 1.62. The second kappa shape index (κ2) is 10.6. The number of nitrogens with one attached hydrogen (secondary N) is 2. The van der Waals surface area contributed by atoms with Crippen molar-refractivity contribution in [2.75, 3.05) is 13.2 Å². The molecule has 160 valence electrons. The molecule has 2 amide bonds. The number of benzene rings is 2. The van der Waals surface area contributed by atoms with Crippen LogP contribution in [0.4, 0.5) is 0 Å². The van der Waals surface area contributed by atoms with Crippen LogP contribution in [0.1, 0.15) is 31.9 Å². The van der Waals surface area contributed by atoms with Crippen molar-refractivity contribution in [3.63, 3.8) is 0 Å². The summed E-state index contributed by atoms with van der Waals surface area (Å²) in [4.78, 5) is 26.3. The summed E-state index contributed by atoms with van der Waals surface area (Å²) in [5.74, 6) is 0.101. The van der Waals surface area contributed by atoms with E-state index in [9.17, 15) is 9.59 Å². The highest BCUT2D eigenvalue weighted by molar-refractivity contribution is 7.10. The largest absolute Gasteiger partial charge is 0.491 e. The van der Waals surface area contributed by atoms with Crippen molar-refractivity contribution >= 4 is 29.2 Å². The van der Waals surface area contributed by atoms with Gasteiger partial charge in [-0.2, -0.15) is 0 Å². The lowest BCUT2D eigenvalue weighted by atomic mass is 10.1. The maximum absolute atomic E-state index is 12.8. The van der Waals surface area contributed by atoms with Gasteiger partial charge in [0.1, 0.15) is 18.1 Å². The van der Waals surface area contributed by atoms with Crippen LogP contribution < -0.4 is 15.4 Å². The zero-order valence-electron chi connectivity index (χ0n) is 17.9. The number of carbonyl (C=O) groups is 2. The van der Waals surface area contributed by atoms with Crippen LogP contribution >= 0.6 is 11.3 Å². The molecule has 2 aromatic carbocycles. The minimum atomic E-state index is -0.363. The highest BCUT2D eigenvalue weighted by atomic mass is 32.1. The number of aryl methyl sites for hydroxylation is 3. The van der Waals surface area contributed by atoms with Crippen LogP contribution in [0.5, 0.6) is 5.75 Å². The molecular formula is C25H26N2O3S. The maximum atomic E-state index is 12.8. The third kappa shape index (κ3) is 6.55. The van der Waals surface area contributed by atoms with Gasteiger partial charge in [0.15, 0.2) is 0 Å². The molecule has 0 aliphatic carbocycles. The van der Waals surface area contributed by atoms with Gasteiger partial charge in [-0.1, -0.05) is 41.5 Å². The first-order valence-corrected chi connectivity index (χ1v) is 10.9. The van der Waals surface area contributed by atoms with Gasteiger partial charge in [0.2, 0.25) is 0 Å². The maximum Gasteiger partial charge on any atom is 0.267 e. The lowest BCUT2D eigenvalue weighted by Crippen LogP contribution is -2.36. The van der Waals surface area contributed by atoms with Crippen LogP contribution in [-0.2, 0) is 4.79 Å². The Labute approximate surface area is 186 Å². The van der Waals surface area contributed by atoms with Gasteiger partial charge in [0.25, 0.3) is 11.8 Å². The zero-order valence-corrected chi connectivity index (χ0v) is 18.7. The van der Waals surface area contributed by atoms with Crippen molar-refractivity contribution in [2.45, 2.75) is 20.8 Å². The monoisotopic (exact) mass is 434 g/mol. The molecule has 5 nitrogen and oxygen atoms in total. The van der Waals surface area contributed by atoms with Gasteiger partial charge in [-0.3, -0.25) is 9.59 Å². The molecule has 0 radical (unpaired) electrons. The second-order valence-corrected chi connectivity index (χ2v) is 8.25. The molecule has 3 aromatic rings. The minimum Gasteiger partial charge on any atom is -0.491 e. The number of hydrogen-bond acceptors (Lipinski definition) is 4. The average Bonchev–Trinajstić information content (AvgIpc) is 3.25. The zero-order chi connectivity index (χ0) is 22.2. The Kier molecular flexibility index (Phi) is 7.62. The average molecular weight is 435 g/mol. The van der Waals surface area contributed by atoms with E-state index >= 15 is 0 Å². The molecule has 0 spiro atoms. The highest BCUT2D eigenvalue weighted by Crippen LogP contribution is 2.18. The van der Waals surface area contributed by atoms with E-state index in [1.807, 2.05) is 62.5 Å². The van der Waals surface area contributed by atoms with Gasteiger partial charge in [-0.25, -0.2) is 0 Å². The quantitative estimate of drug-likeness (QED) is 0.401. The van der Waals surface area contributed by atoms with Crippen LogP contribution in [-0.4, -0.2) is 25.0 Å². The lowest BCUT2D eigenvalue weighted by molar-refractivity contribution is -0.117. The van der Waals surface area contributed by atoms with Crippen molar-refractivity contribution in [1.29, 1.82) is 0 Å². The predicted molar refractivity (Wildman–Crippen MR) is 125 cm³/mol. The van der Waals surface area contributed by atoms with E-state index in [2.05, 4.69) is 16.7 Å². The molecule has 3 rings (SSSR count). The first-order chi connectivity index (χ1) is 14.9. The summed E-state index contributed by atoms with van der Waals surface area (Å²) in [6, 6.07) is 17.0. The molecule has 0 fully saturated rings. The fourth-order valence-corrected chi connectivity index (χ4v) is 3.61. The van der Waals surface area contributed by atoms with Crippen molar-refractivity contribution in [3.05, 3.63) is 92.8 Å². The molecule has 0 aliphatic heterocycles. The molecule has 0 atom stereocenters. The molecule has 2 N–H and O–H groups in total. The van der Waals surface area contributed by atoms with Crippen molar-refractivity contribution in [1.82, 2.24) is 10.6 Å². The van der Waals surface area contributed by atoms with Crippen molar-refractivity contribution in [3.8, 4) is 5.75 Å². The Bertz CT molecular complexity index is 1070. The molecule has 31 heavy (non-hydrogen) atoms. The number of hydrogen-bond donors (Lipinski definition) is 2. The fraction of sp³-hybridized carbons (Fsp3) is 0.200. The van der Waals surface area contributed by atoms with E-state index in [1.54, 1.807) is 18.2 Å². The molecule has 0 saturated heterocycles. The van der Waals surface area contributed by atoms with E-state index < -0.39 is 0 Å². The van der Waals surface area contributed by atoms with Gasteiger partial charge in [-0.05, 0) is 62.1 Å². The lowest BCUT2D eigenvalue weighted by Gasteiger charge is -2.13. The van der Waals surface area contributed by atoms with Crippen molar-refractivity contribution in [2.24, 2.45) is 0 Å². The second-order valence-electron chi connectivity index (χ2n) is 7.27. The van der Waals surface area contributed by atoms with Crippen LogP contribution in [0, 0.1) is 20.8 Å². The van der Waals surface area contributed by atoms with Gasteiger partial charge >= 0.3 is 0 Å². The molecular weight excluding hydrogens is 408 g/mol. The summed E-state index contributed by atoms with van der Waals surface area (Å²) in [5.41, 5.74) is 3.97. The molecule has 1 heterocycles. The molecule has 1 aromatic heterocycles. The third-order valence-electron chi connectivity index (χ3n) is 4.61. The highest BCUT2D eigenvalue weighted by Gasteiger charge is 2.15. The topological polar surface area (TPSA) is 67.4 Å². The van der Waals surface area contributed by atoms with E-state index in [1.165, 1.54) is 16.9 Å². The Hall–Kier alpha value is -3.38. The first-order valence-electron chi connectivity index (χ1n) is 10.0. The van der Waals surface area contributed by atoms with Crippen LogP contribution in [0.2, 0.25) is 0 Å². The van der Waals surface area contributed by atoms with E-state index in [4.69, 9.17) is 4.74 Å². The number of rotatable bonds is 8. The summed E-state index contributed by atoms with van der Waals surface area (Å²) < 4.78 is 5.77. The number of amides is 2. The molecule has 0 unspecified atom stereocenters. The van der Waals surface area contributed by atoms with Crippen LogP contribution in [0.25, 0.3) is 6.08 Å². The van der Waals surface area contributed by atoms with E-state index in [-0.39, 0.29) is 17.5 Å². The van der Waals surface area contributed by atoms with Gasteiger partial charge in [0, 0.05) is 10.4 Å². The van der Waals surface area contributed by atoms with Gasteiger partial charge in [-0.15, -0.1) is 11.3 Å². The van der Waals surface area contributed by atoms with Crippen LogP contribution in [0.15, 0.2) is 65.7 Å². The number of ether oxygens (including phenoxy) is 1. The smallest absolute Gasteiger partial charge is 0.267 e. The molecule has 6 heteroatoms. The Morgan fingerprint density at radius 1 is 1.00 bits per heavy atom. The first kappa shape index (κ1) is 22.3. The van der Waals surface area contributed by atoms with E-state index in [0.717, 1.165) is 21.8 Å². The molecule has 0 aliphatic rings. The predicted octanol–water partition coefficient (Wildman–Crippen LogP) is 4.64.